The fourth-order valence-electron chi connectivity index (χ4n) is 2.75. The highest BCUT2D eigenvalue weighted by Crippen LogP contribution is 2.27. The average molecular weight is 408 g/mol. The normalized spacial score (nSPS) is 15.4. The van der Waals surface area contributed by atoms with Gasteiger partial charge in [-0.2, -0.15) is 0 Å². The van der Waals surface area contributed by atoms with Gasteiger partial charge in [-0.3, -0.25) is 4.79 Å². The second-order valence-electron chi connectivity index (χ2n) is 5.94. The van der Waals surface area contributed by atoms with Gasteiger partial charge in [0.05, 0.1) is 19.7 Å². The molecule has 1 atom stereocenters. The zero-order chi connectivity index (χ0) is 20.3. The number of sulfonamides is 1. The standard InChI is InChI=1S/C18H17FN2O6S/c1-26-15-8-7-13(19)9-16(15)28(24,25)20-14(12-5-3-2-4-6-12)10-21-17(22)11-27-18(21)23/h2-9,14,20H,10-11H2,1H3. The van der Waals surface area contributed by atoms with Crippen LogP contribution in [-0.4, -0.2) is 45.6 Å². The molecule has 1 N–H and O–H groups in total. The molecule has 1 unspecified atom stereocenters. The molecule has 28 heavy (non-hydrogen) atoms. The summed E-state index contributed by atoms with van der Waals surface area (Å²) in [6, 6.07) is 10.5. The monoisotopic (exact) mass is 408 g/mol. The van der Waals surface area contributed by atoms with Crippen LogP contribution in [0, 0.1) is 5.82 Å². The Morgan fingerprint density at radius 1 is 1.21 bits per heavy atom. The lowest BCUT2D eigenvalue weighted by atomic mass is 10.1. The van der Waals surface area contributed by atoms with Gasteiger partial charge in [-0.05, 0) is 23.8 Å². The maximum atomic E-state index is 13.6. The number of rotatable bonds is 7. The van der Waals surface area contributed by atoms with Crippen molar-refractivity contribution in [3.63, 3.8) is 0 Å². The summed E-state index contributed by atoms with van der Waals surface area (Å²) in [7, 11) is -2.99. The molecule has 3 rings (SSSR count). The van der Waals surface area contributed by atoms with Crippen LogP contribution in [0.15, 0.2) is 53.4 Å². The van der Waals surface area contributed by atoms with Crippen molar-refractivity contribution in [1.82, 2.24) is 9.62 Å². The van der Waals surface area contributed by atoms with Crippen LogP contribution in [0.3, 0.4) is 0 Å². The van der Waals surface area contributed by atoms with E-state index < -0.39 is 45.4 Å². The molecule has 1 heterocycles. The number of hydrogen-bond acceptors (Lipinski definition) is 6. The molecule has 0 spiro atoms. The number of benzene rings is 2. The first-order chi connectivity index (χ1) is 13.3. The van der Waals surface area contributed by atoms with E-state index in [1.165, 1.54) is 13.2 Å². The molecule has 1 fully saturated rings. The van der Waals surface area contributed by atoms with Gasteiger partial charge in [0.25, 0.3) is 5.91 Å². The van der Waals surface area contributed by atoms with Gasteiger partial charge in [0, 0.05) is 0 Å². The largest absolute Gasteiger partial charge is 0.495 e. The van der Waals surface area contributed by atoms with Gasteiger partial charge in [-0.25, -0.2) is 27.2 Å². The first kappa shape index (κ1) is 19.8. The Balaban J connectivity index is 1.96. The van der Waals surface area contributed by atoms with Gasteiger partial charge in [0.2, 0.25) is 10.0 Å². The fraction of sp³-hybridized carbons (Fsp3) is 0.222. The highest BCUT2D eigenvalue weighted by molar-refractivity contribution is 7.89. The summed E-state index contributed by atoms with van der Waals surface area (Å²) in [5, 5.41) is 0. The number of carbonyl (C=O) groups is 2. The van der Waals surface area contributed by atoms with Gasteiger partial charge in [0.1, 0.15) is 16.5 Å². The quantitative estimate of drug-likeness (QED) is 0.750. The van der Waals surface area contributed by atoms with Crippen molar-refractivity contribution in [2.75, 3.05) is 20.3 Å². The summed E-state index contributed by atoms with van der Waals surface area (Å²) in [6.07, 6.45) is -0.853. The molecule has 1 saturated heterocycles. The number of nitrogens with zero attached hydrogens (tertiary/aromatic N) is 1. The number of imide groups is 1. The third-order valence-electron chi connectivity index (χ3n) is 4.12. The lowest BCUT2D eigenvalue weighted by Gasteiger charge is -2.23. The smallest absolute Gasteiger partial charge is 0.417 e. The van der Waals surface area contributed by atoms with Crippen LogP contribution in [0.5, 0.6) is 5.75 Å². The zero-order valence-electron chi connectivity index (χ0n) is 14.8. The Bertz CT molecular complexity index is 980. The van der Waals surface area contributed by atoms with Gasteiger partial charge < -0.3 is 9.47 Å². The fourth-order valence-corrected chi connectivity index (χ4v) is 4.14. The summed E-state index contributed by atoms with van der Waals surface area (Å²) in [5.74, 6) is -1.37. The van der Waals surface area contributed by atoms with E-state index in [1.54, 1.807) is 30.3 Å². The molecule has 0 aliphatic carbocycles. The van der Waals surface area contributed by atoms with Gasteiger partial charge in [-0.15, -0.1) is 0 Å². The zero-order valence-corrected chi connectivity index (χ0v) is 15.6. The second-order valence-corrected chi connectivity index (χ2v) is 7.62. The first-order valence-electron chi connectivity index (χ1n) is 8.20. The van der Waals surface area contributed by atoms with E-state index in [-0.39, 0.29) is 12.3 Å². The highest BCUT2D eigenvalue weighted by atomic mass is 32.2. The number of ether oxygens (including phenoxy) is 2. The van der Waals surface area contributed by atoms with Crippen molar-refractivity contribution < 1.29 is 31.9 Å². The molecule has 0 aromatic heterocycles. The Morgan fingerprint density at radius 2 is 1.93 bits per heavy atom. The lowest BCUT2D eigenvalue weighted by Crippen LogP contribution is -2.40. The summed E-state index contributed by atoms with van der Waals surface area (Å²) >= 11 is 0. The van der Waals surface area contributed by atoms with E-state index in [0.29, 0.717) is 5.56 Å². The summed E-state index contributed by atoms with van der Waals surface area (Å²) in [5.41, 5.74) is 0.508. The SMILES string of the molecule is COc1ccc(F)cc1S(=O)(=O)NC(CN1C(=O)COC1=O)c1ccccc1. The number of halogens is 1. The van der Waals surface area contributed by atoms with Crippen molar-refractivity contribution in [3.05, 3.63) is 59.9 Å². The van der Waals surface area contributed by atoms with Crippen molar-refractivity contribution >= 4 is 22.0 Å². The molecule has 0 radical (unpaired) electrons. The number of hydrogen-bond donors (Lipinski definition) is 1. The topological polar surface area (TPSA) is 102 Å². The summed E-state index contributed by atoms with van der Waals surface area (Å²) in [6.45, 7) is -0.677. The summed E-state index contributed by atoms with van der Waals surface area (Å²) in [4.78, 5) is 24.1. The Morgan fingerprint density at radius 3 is 2.54 bits per heavy atom. The van der Waals surface area contributed by atoms with E-state index in [9.17, 15) is 22.4 Å². The van der Waals surface area contributed by atoms with E-state index >= 15 is 0 Å². The predicted molar refractivity (Wildman–Crippen MR) is 95.5 cm³/mol. The minimum absolute atomic E-state index is 0.0441. The molecule has 0 bridgehead atoms. The van der Waals surface area contributed by atoms with E-state index in [4.69, 9.17) is 4.74 Å². The van der Waals surface area contributed by atoms with Gasteiger partial charge in [-0.1, -0.05) is 30.3 Å². The molecule has 2 aromatic rings. The molecule has 148 valence electrons. The molecule has 0 saturated carbocycles. The van der Waals surface area contributed by atoms with Crippen molar-refractivity contribution in [1.29, 1.82) is 0 Å². The van der Waals surface area contributed by atoms with Crippen LogP contribution in [0.4, 0.5) is 9.18 Å². The molecule has 10 heteroatoms. The minimum atomic E-state index is -4.25. The molecule has 2 amide bonds. The van der Waals surface area contributed by atoms with Crippen molar-refractivity contribution in [2.45, 2.75) is 10.9 Å². The van der Waals surface area contributed by atoms with E-state index in [1.807, 2.05) is 0 Å². The number of cyclic esters (lactones) is 1. The molecular weight excluding hydrogens is 391 g/mol. The van der Waals surface area contributed by atoms with Crippen LogP contribution in [0.1, 0.15) is 11.6 Å². The Kier molecular flexibility index (Phi) is 5.61. The van der Waals surface area contributed by atoms with Crippen molar-refractivity contribution in [2.24, 2.45) is 0 Å². The summed E-state index contributed by atoms with van der Waals surface area (Å²) < 4.78 is 51.6. The number of amides is 2. The maximum Gasteiger partial charge on any atom is 0.417 e. The van der Waals surface area contributed by atoms with Crippen LogP contribution in [0.25, 0.3) is 0 Å². The third kappa shape index (κ3) is 4.12. The van der Waals surface area contributed by atoms with E-state index in [0.717, 1.165) is 17.0 Å². The molecule has 1 aliphatic heterocycles. The number of nitrogens with one attached hydrogen (secondary N) is 1. The molecular formula is C18H17FN2O6S. The third-order valence-corrected chi connectivity index (χ3v) is 5.61. The Hall–Kier alpha value is -2.98. The van der Waals surface area contributed by atoms with Crippen LogP contribution in [-0.2, 0) is 19.6 Å². The highest BCUT2D eigenvalue weighted by Gasteiger charge is 2.35. The maximum absolute atomic E-state index is 13.6. The second kappa shape index (κ2) is 7.95. The number of carbonyl (C=O) groups excluding carboxylic acids is 2. The van der Waals surface area contributed by atoms with Crippen molar-refractivity contribution in [3.8, 4) is 5.75 Å². The average Bonchev–Trinajstić information content (AvgIpc) is 3.00. The van der Waals surface area contributed by atoms with Gasteiger partial charge in [0.15, 0.2) is 6.61 Å². The first-order valence-corrected chi connectivity index (χ1v) is 9.68. The van der Waals surface area contributed by atoms with Crippen LogP contribution in [0.2, 0.25) is 0 Å². The minimum Gasteiger partial charge on any atom is -0.495 e. The Labute approximate surface area is 160 Å². The van der Waals surface area contributed by atoms with Gasteiger partial charge >= 0.3 is 6.09 Å². The van der Waals surface area contributed by atoms with Crippen LogP contribution < -0.4 is 9.46 Å². The lowest BCUT2D eigenvalue weighted by molar-refractivity contribution is -0.126. The number of methoxy groups -OCH3 is 1. The molecule has 8 nitrogen and oxygen atoms in total. The molecule has 1 aliphatic rings. The molecule has 2 aromatic carbocycles. The van der Waals surface area contributed by atoms with Crippen LogP contribution >= 0.6 is 0 Å². The van der Waals surface area contributed by atoms with E-state index in [2.05, 4.69) is 9.46 Å². The predicted octanol–water partition coefficient (Wildman–Crippen LogP) is 1.83.